The summed E-state index contributed by atoms with van der Waals surface area (Å²) in [5.74, 6) is 0. The van der Waals surface area contributed by atoms with Crippen molar-refractivity contribution in [2.24, 2.45) is 0 Å². The number of hydrogen-bond acceptors (Lipinski definition) is 4. The largest absolute Gasteiger partial charge is 0.270 e. The minimum atomic E-state index is -0.376. The van der Waals surface area contributed by atoms with Crippen LogP contribution in [0.1, 0.15) is 0 Å². The van der Waals surface area contributed by atoms with Gasteiger partial charge in [-0.1, -0.05) is 30.3 Å². The molecule has 0 unspecified atom stereocenters. The Hall–Kier alpha value is -2.57. The van der Waals surface area contributed by atoms with Gasteiger partial charge >= 0.3 is 0 Å². The first-order valence-corrected chi connectivity index (χ1v) is 9.13. The minimum absolute atomic E-state index is 0.0677. The van der Waals surface area contributed by atoms with Crippen LogP contribution in [0.3, 0.4) is 0 Å². The van der Waals surface area contributed by atoms with Gasteiger partial charge in [0.25, 0.3) is 5.69 Å². The lowest BCUT2D eigenvalue weighted by atomic mass is 9.99. The molecular formula is C19H11BrN2O2S. The number of non-ortho nitro benzene ring substituents is 1. The number of pyridine rings is 1. The molecule has 4 aromatic rings. The highest BCUT2D eigenvalue weighted by Crippen LogP contribution is 2.36. The van der Waals surface area contributed by atoms with Crippen LogP contribution >= 0.6 is 27.3 Å². The maximum Gasteiger partial charge on any atom is 0.270 e. The van der Waals surface area contributed by atoms with E-state index in [1.54, 1.807) is 23.5 Å². The normalized spacial score (nSPS) is 10.9. The number of aromatic nitrogens is 1. The first-order chi connectivity index (χ1) is 12.1. The molecule has 0 N–H and O–H groups in total. The van der Waals surface area contributed by atoms with E-state index in [0.29, 0.717) is 0 Å². The van der Waals surface area contributed by atoms with Gasteiger partial charge in [-0.3, -0.25) is 10.1 Å². The van der Waals surface area contributed by atoms with E-state index < -0.39 is 0 Å². The molecule has 6 heteroatoms. The van der Waals surface area contributed by atoms with E-state index in [-0.39, 0.29) is 10.6 Å². The Morgan fingerprint density at radius 3 is 2.48 bits per heavy atom. The third kappa shape index (κ3) is 3.06. The van der Waals surface area contributed by atoms with Crippen LogP contribution in [0.5, 0.6) is 0 Å². The molecule has 0 aliphatic rings. The predicted octanol–water partition coefficient (Wildman–Crippen LogP) is 6.30. The molecule has 0 aliphatic heterocycles. The molecule has 0 bridgehead atoms. The molecule has 0 saturated heterocycles. The average Bonchev–Trinajstić information content (AvgIpc) is 3.07. The Morgan fingerprint density at radius 1 is 1.00 bits per heavy atom. The van der Waals surface area contributed by atoms with E-state index in [4.69, 9.17) is 4.98 Å². The fourth-order valence-electron chi connectivity index (χ4n) is 2.76. The first-order valence-electron chi connectivity index (χ1n) is 7.52. The lowest BCUT2D eigenvalue weighted by Crippen LogP contribution is -1.92. The van der Waals surface area contributed by atoms with Crippen molar-refractivity contribution in [1.29, 1.82) is 0 Å². The molecule has 2 aromatic carbocycles. The van der Waals surface area contributed by atoms with Crippen LogP contribution in [0.25, 0.3) is 32.6 Å². The van der Waals surface area contributed by atoms with Crippen molar-refractivity contribution in [2.45, 2.75) is 0 Å². The summed E-state index contributed by atoms with van der Waals surface area (Å²) in [6, 6.07) is 20.7. The Labute approximate surface area is 156 Å². The third-order valence-corrected chi connectivity index (χ3v) is 5.56. The third-order valence-electron chi connectivity index (χ3n) is 3.91. The van der Waals surface area contributed by atoms with Crippen molar-refractivity contribution in [1.82, 2.24) is 4.98 Å². The lowest BCUT2D eigenvalue weighted by Gasteiger charge is -2.09. The summed E-state index contributed by atoms with van der Waals surface area (Å²) < 4.78 is 1.04. The van der Waals surface area contributed by atoms with Crippen molar-refractivity contribution in [3.05, 3.63) is 80.6 Å². The number of halogens is 1. The van der Waals surface area contributed by atoms with Crippen molar-refractivity contribution >= 4 is 43.9 Å². The van der Waals surface area contributed by atoms with Crippen LogP contribution in [0, 0.1) is 10.1 Å². The summed E-state index contributed by atoms with van der Waals surface area (Å²) in [6.45, 7) is 0. The van der Waals surface area contributed by atoms with Gasteiger partial charge in [-0.05, 0) is 51.3 Å². The van der Waals surface area contributed by atoms with E-state index in [0.717, 1.165) is 36.4 Å². The summed E-state index contributed by atoms with van der Waals surface area (Å²) >= 11 is 5.09. The van der Waals surface area contributed by atoms with Crippen LogP contribution in [-0.4, -0.2) is 9.91 Å². The fourth-order valence-corrected chi connectivity index (χ4v) is 4.11. The fraction of sp³-hybridized carbons (Fsp3) is 0. The molecule has 122 valence electrons. The highest BCUT2D eigenvalue weighted by molar-refractivity contribution is 9.11. The van der Waals surface area contributed by atoms with Crippen LogP contribution in [0.2, 0.25) is 0 Å². The zero-order valence-corrected chi connectivity index (χ0v) is 15.3. The molecule has 2 heterocycles. The van der Waals surface area contributed by atoms with Crippen LogP contribution < -0.4 is 0 Å². The van der Waals surface area contributed by atoms with Gasteiger partial charge in [0.1, 0.15) is 0 Å². The molecule has 2 aromatic heterocycles. The molecular weight excluding hydrogens is 400 g/mol. The number of nitro benzene ring substituents is 1. The molecule has 4 nitrogen and oxygen atoms in total. The van der Waals surface area contributed by atoms with Crippen LogP contribution in [0.4, 0.5) is 5.69 Å². The number of fused-ring (bicyclic) bond motifs is 1. The monoisotopic (exact) mass is 410 g/mol. The zero-order chi connectivity index (χ0) is 17.4. The molecule has 0 atom stereocenters. The molecule has 4 rings (SSSR count). The standard InChI is InChI=1S/C19H11BrN2O2S/c20-19-9-8-18(25-19)17-11-14(12-4-2-1-3-5-12)15-10-13(22(23)24)6-7-16(15)21-17/h1-11H. The first kappa shape index (κ1) is 15.9. The highest BCUT2D eigenvalue weighted by atomic mass is 79.9. The Kier molecular flexibility index (Phi) is 4.07. The number of benzene rings is 2. The Balaban J connectivity index is 2.02. The SMILES string of the molecule is O=[N+]([O-])c1ccc2nc(-c3ccc(Br)s3)cc(-c3ccccc3)c2c1. The number of thiophene rings is 1. The molecule has 0 spiro atoms. The molecule has 0 amide bonds. The van der Waals surface area contributed by atoms with Crippen LogP contribution in [-0.2, 0) is 0 Å². The van der Waals surface area contributed by atoms with Crippen molar-refractivity contribution < 1.29 is 4.92 Å². The van der Waals surface area contributed by atoms with Gasteiger partial charge in [0.15, 0.2) is 0 Å². The zero-order valence-electron chi connectivity index (χ0n) is 12.8. The summed E-state index contributed by atoms with van der Waals surface area (Å²) in [5, 5.41) is 11.9. The predicted molar refractivity (Wildman–Crippen MR) is 105 cm³/mol. The van der Waals surface area contributed by atoms with Gasteiger partial charge in [-0.15, -0.1) is 11.3 Å². The van der Waals surface area contributed by atoms with E-state index in [9.17, 15) is 10.1 Å². The van der Waals surface area contributed by atoms with Gasteiger partial charge in [-0.25, -0.2) is 4.98 Å². The van der Waals surface area contributed by atoms with Crippen molar-refractivity contribution in [3.63, 3.8) is 0 Å². The average molecular weight is 411 g/mol. The topological polar surface area (TPSA) is 56.0 Å². The smallest absolute Gasteiger partial charge is 0.258 e. The maximum absolute atomic E-state index is 11.2. The molecule has 0 fully saturated rings. The second-order valence-corrected chi connectivity index (χ2v) is 7.95. The highest BCUT2D eigenvalue weighted by Gasteiger charge is 2.14. The molecule has 0 saturated carbocycles. The second kappa shape index (κ2) is 6.38. The number of rotatable bonds is 3. The number of nitro groups is 1. The van der Waals surface area contributed by atoms with E-state index in [1.165, 1.54) is 6.07 Å². The quantitative estimate of drug-likeness (QED) is 0.294. The minimum Gasteiger partial charge on any atom is -0.258 e. The van der Waals surface area contributed by atoms with Crippen molar-refractivity contribution in [3.8, 4) is 21.7 Å². The lowest BCUT2D eigenvalue weighted by molar-refractivity contribution is -0.384. The summed E-state index contributed by atoms with van der Waals surface area (Å²) in [6.07, 6.45) is 0. The molecule has 25 heavy (non-hydrogen) atoms. The van der Waals surface area contributed by atoms with Crippen molar-refractivity contribution in [2.75, 3.05) is 0 Å². The van der Waals surface area contributed by atoms with E-state index >= 15 is 0 Å². The van der Waals surface area contributed by atoms with Gasteiger partial charge in [0.2, 0.25) is 0 Å². The van der Waals surface area contributed by atoms with Crippen LogP contribution in [0.15, 0.2) is 70.5 Å². The van der Waals surface area contributed by atoms with E-state index in [2.05, 4.69) is 15.9 Å². The summed E-state index contributed by atoms with van der Waals surface area (Å²) in [7, 11) is 0. The Morgan fingerprint density at radius 2 is 1.80 bits per heavy atom. The van der Waals surface area contributed by atoms with Gasteiger partial charge in [0.05, 0.1) is 24.8 Å². The molecule has 0 radical (unpaired) electrons. The maximum atomic E-state index is 11.2. The van der Waals surface area contributed by atoms with E-state index in [1.807, 2.05) is 48.5 Å². The second-order valence-electron chi connectivity index (χ2n) is 5.48. The van der Waals surface area contributed by atoms with Gasteiger partial charge < -0.3 is 0 Å². The summed E-state index contributed by atoms with van der Waals surface area (Å²) in [5.41, 5.74) is 3.61. The van der Waals surface area contributed by atoms with Gasteiger partial charge in [-0.2, -0.15) is 0 Å². The number of hydrogen-bond donors (Lipinski definition) is 0. The molecule has 0 aliphatic carbocycles. The number of nitrogens with zero attached hydrogens (tertiary/aromatic N) is 2. The Bertz CT molecular complexity index is 1090. The van der Waals surface area contributed by atoms with Gasteiger partial charge in [0, 0.05) is 17.5 Å². The summed E-state index contributed by atoms with van der Waals surface area (Å²) in [4.78, 5) is 16.5.